The molecule has 3 nitrogen and oxygen atoms in total. The van der Waals surface area contributed by atoms with Crippen molar-refractivity contribution in [1.29, 1.82) is 0 Å². The molecule has 0 atom stereocenters. The standard InChI is InChI=1S/C20H18FIN2O/c21-15-5-6-16(17(22)12-15)20(25)24-9-7-13(8-10-24)19-11-14-3-1-2-4-18(14)23-19/h1-6,11-13,23H,7-10H2. The molecule has 3 aromatic rings. The molecule has 1 aliphatic rings. The number of aromatic amines is 1. The molecule has 0 radical (unpaired) electrons. The van der Waals surface area contributed by atoms with E-state index in [-0.39, 0.29) is 11.7 Å². The van der Waals surface area contributed by atoms with Crippen LogP contribution in [0.15, 0.2) is 48.5 Å². The first-order valence-electron chi connectivity index (χ1n) is 8.44. The summed E-state index contributed by atoms with van der Waals surface area (Å²) in [5, 5.41) is 1.23. The monoisotopic (exact) mass is 448 g/mol. The van der Waals surface area contributed by atoms with Crippen LogP contribution in [0.2, 0.25) is 0 Å². The SMILES string of the molecule is O=C(c1ccc(F)cc1I)N1CCC(c2cc3ccccc3[nH]2)CC1. The zero-order valence-electron chi connectivity index (χ0n) is 13.6. The predicted octanol–water partition coefficient (Wildman–Crippen LogP) is 4.93. The second-order valence-corrected chi connectivity index (χ2v) is 7.66. The van der Waals surface area contributed by atoms with Gasteiger partial charge in [-0.2, -0.15) is 0 Å². The van der Waals surface area contributed by atoms with Crippen LogP contribution in [0.25, 0.3) is 10.9 Å². The summed E-state index contributed by atoms with van der Waals surface area (Å²) in [6.45, 7) is 1.46. The first kappa shape index (κ1) is 16.6. The first-order valence-corrected chi connectivity index (χ1v) is 9.51. The van der Waals surface area contributed by atoms with E-state index in [9.17, 15) is 9.18 Å². The average molecular weight is 448 g/mol. The molecule has 1 amide bonds. The highest BCUT2D eigenvalue weighted by Crippen LogP contribution is 2.30. The van der Waals surface area contributed by atoms with Gasteiger partial charge in [0.2, 0.25) is 0 Å². The molecule has 0 aliphatic carbocycles. The number of hydrogen-bond donors (Lipinski definition) is 1. The van der Waals surface area contributed by atoms with E-state index < -0.39 is 0 Å². The lowest BCUT2D eigenvalue weighted by atomic mass is 9.93. The highest BCUT2D eigenvalue weighted by molar-refractivity contribution is 14.1. The van der Waals surface area contributed by atoms with Gasteiger partial charge < -0.3 is 9.88 Å². The maximum absolute atomic E-state index is 13.2. The predicted molar refractivity (Wildman–Crippen MR) is 105 cm³/mol. The molecule has 2 aromatic carbocycles. The molecule has 1 fully saturated rings. The molecule has 25 heavy (non-hydrogen) atoms. The minimum atomic E-state index is -0.307. The van der Waals surface area contributed by atoms with Gasteiger partial charge >= 0.3 is 0 Å². The van der Waals surface area contributed by atoms with Crippen molar-refractivity contribution in [3.63, 3.8) is 0 Å². The van der Waals surface area contributed by atoms with Gasteiger partial charge in [0.1, 0.15) is 5.82 Å². The number of H-pyrrole nitrogens is 1. The van der Waals surface area contributed by atoms with Gasteiger partial charge in [-0.25, -0.2) is 4.39 Å². The van der Waals surface area contributed by atoms with Crippen LogP contribution in [0.5, 0.6) is 0 Å². The first-order chi connectivity index (χ1) is 12.1. The Bertz CT molecular complexity index is 895. The summed E-state index contributed by atoms with van der Waals surface area (Å²) in [5.41, 5.74) is 3.01. The maximum atomic E-state index is 13.2. The quantitative estimate of drug-likeness (QED) is 0.555. The topological polar surface area (TPSA) is 36.1 Å². The van der Waals surface area contributed by atoms with E-state index in [1.165, 1.54) is 23.2 Å². The van der Waals surface area contributed by atoms with E-state index in [4.69, 9.17) is 0 Å². The Labute approximate surface area is 159 Å². The van der Waals surface area contributed by atoms with E-state index >= 15 is 0 Å². The number of amides is 1. The van der Waals surface area contributed by atoms with Crippen molar-refractivity contribution in [2.75, 3.05) is 13.1 Å². The number of nitrogens with zero attached hydrogens (tertiary/aromatic N) is 1. The molecule has 1 saturated heterocycles. The third kappa shape index (κ3) is 3.29. The van der Waals surface area contributed by atoms with Gasteiger partial charge in [-0.15, -0.1) is 0 Å². The minimum absolute atomic E-state index is 0.000466. The second-order valence-electron chi connectivity index (χ2n) is 6.50. The van der Waals surface area contributed by atoms with Gasteiger partial charge in [0, 0.05) is 33.8 Å². The fourth-order valence-electron chi connectivity index (χ4n) is 3.54. The summed E-state index contributed by atoms with van der Waals surface area (Å²) in [5.74, 6) is 0.140. The Morgan fingerprint density at radius 3 is 2.60 bits per heavy atom. The number of halogens is 2. The van der Waals surface area contributed by atoms with E-state index in [0.717, 1.165) is 31.4 Å². The van der Waals surface area contributed by atoms with E-state index in [1.807, 2.05) is 39.6 Å². The van der Waals surface area contributed by atoms with Crippen molar-refractivity contribution in [2.24, 2.45) is 0 Å². The number of para-hydroxylation sites is 1. The number of carbonyl (C=O) groups is 1. The summed E-state index contributed by atoms with van der Waals surface area (Å²) < 4.78 is 13.9. The normalized spacial score (nSPS) is 15.7. The molecule has 0 spiro atoms. The highest BCUT2D eigenvalue weighted by Gasteiger charge is 2.26. The molecule has 2 heterocycles. The van der Waals surface area contributed by atoms with Crippen LogP contribution in [0.3, 0.4) is 0 Å². The molecule has 5 heteroatoms. The van der Waals surface area contributed by atoms with E-state index in [0.29, 0.717) is 15.1 Å². The molecular formula is C20H18FIN2O. The van der Waals surface area contributed by atoms with Gasteiger partial charge in [-0.1, -0.05) is 18.2 Å². The lowest BCUT2D eigenvalue weighted by molar-refractivity contribution is 0.0711. The maximum Gasteiger partial charge on any atom is 0.254 e. The number of likely N-dealkylation sites (tertiary alicyclic amines) is 1. The summed E-state index contributed by atoms with van der Waals surface area (Å²) in [6, 6.07) is 14.9. The molecule has 0 bridgehead atoms. The zero-order chi connectivity index (χ0) is 17.4. The van der Waals surface area contributed by atoms with Crippen molar-refractivity contribution in [3.8, 4) is 0 Å². The van der Waals surface area contributed by atoms with Gasteiger partial charge in [0.25, 0.3) is 5.91 Å². The second kappa shape index (κ2) is 6.78. The molecule has 4 rings (SSSR count). The molecule has 1 N–H and O–H groups in total. The van der Waals surface area contributed by atoms with Crippen molar-refractivity contribution in [1.82, 2.24) is 9.88 Å². The van der Waals surface area contributed by atoms with Crippen LogP contribution in [0, 0.1) is 9.39 Å². The van der Waals surface area contributed by atoms with Crippen LogP contribution < -0.4 is 0 Å². The summed E-state index contributed by atoms with van der Waals surface area (Å²) in [7, 11) is 0. The third-order valence-electron chi connectivity index (χ3n) is 4.93. The van der Waals surface area contributed by atoms with Gasteiger partial charge in [-0.3, -0.25) is 4.79 Å². The van der Waals surface area contributed by atoms with Gasteiger partial charge in [-0.05, 0) is 71.2 Å². The number of rotatable bonds is 2. The fourth-order valence-corrected chi connectivity index (χ4v) is 4.25. The van der Waals surface area contributed by atoms with Crippen LogP contribution in [0.1, 0.15) is 34.8 Å². The average Bonchev–Trinajstić information content (AvgIpc) is 3.05. The molecular weight excluding hydrogens is 430 g/mol. The van der Waals surface area contributed by atoms with Crippen molar-refractivity contribution >= 4 is 39.4 Å². The third-order valence-corrected chi connectivity index (χ3v) is 5.83. The van der Waals surface area contributed by atoms with Crippen LogP contribution in [0.4, 0.5) is 4.39 Å². The summed E-state index contributed by atoms with van der Waals surface area (Å²) in [6.07, 6.45) is 1.88. The summed E-state index contributed by atoms with van der Waals surface area (Å²) in [4.78, 5) is 18.1. The molecule has 1 aliphatic heterocycles. The largest absolute Gasteiger partial charge is 0.358 e. The molecule has 1 aromatic heterocycles. The fraction of sp³-hybridized carbons (Fsp3) is 0.250. The number of benzene rings is 2. The Balaban J connectivity index is 1.46. The molecule has 0 unspecified atom stereocenters. The number of hydrogen-bond acceptors (Lipinski definition) is 1. The summed E-state index contributed by atoms with van der Waals surface area (Å²) >= 11 is 2.03. The van der Waals surface area contributed by atoms with Crippen LogP contribution >= 0.6 is 22.6 Å². The zero-order valence-corrected chi connectivity index (χ0v) is 15.8. The Morgan fingerprint density at radius 2 is 1.88 bits per heavy atom. The van der Waals surface area contributed by atoms with Crippen LogP contribution in [-0.4, -0.2) is 28.9 Å². The smallest absolute Gasteiger partial charge is 0.254 e. The number of carbonyl (C=O) groups excluding carboxylic acids is 1. The number of nitrogens with one attached hydrogen (secondary N) is 1. The van der Waals surface area contributed by atoms with Crippen molar-refractivity contribution in [2.45, 2.75) is 18.8 Å². The van der Waals surface area contributed by atoms with E-state index in [2.05, 4.69) is 23.2 Å². The molecule has 0 saturated carbocycles. The lowest BCUT2D eigenvalue weighted by Gasteiger charge is -2.32. The van der Waals surface area contributed by atoms with Crippen molar-refractivity contribution < 1.29 is 9.18 Å². The van der Waals surface area contributed by atoms with Crippen LogP contribution in [-0.2, 0) is 0 Å². The van der Waals surface area contributed by atoms with Crippen molar-refractivity contribution in [3.05, 3.63) is 69.2 Å². The highest BCUT2D eigenvalue weighted by atomic mass is 127. The van der Waals surface area contributed by atoms with Gasteiger partial charge in [0.15, 0.2) is 0 Å². The van der Waals surface area contributed by atoms with E-state index in [1.54, 1.807) is 6.07 Å². The Hall–Kier alpha value is -1.89. The molecule has 128 valence electrons. The number of piperidine rings is 1. The van der Waals surface area contributed by atoms with Gasteiger partial charge in [0.05, 0.1) is 5.56 Å². The Kier molecular flexibility index (Phi) is 4.50. The lowest BCUT2D eigenvalue weighted by Crippen LogP contribution is -2.38. The Morgan fingerprint density at radius 1 is 1.12 bits per heavy atom. The number of aromatic nitrogens is 1. The number of fused-ring (bicyclic) bond motifs is 1. The minimum Gasteiger partial charge on any atom is -0.358 e.